The summed E-state index contributed by atoms with van der Waals surface area (Å²) in [6, 6.07) is 5.48. The first-order chi connectivity index (χ1) is 6.98. The van der Waals surface area contributed by atoms with Crippen LogP contribution in [0.4, 0.5) is 0 Å². The third-order valence-electron chi connectivity index (χ3n) is 2.18. The van der Waals surface area contributed by atoms with Crippen molar-refractivity contribution in [1.29, 1.82) is 0 Å². The Hall–Kier alpha value is -0.770. The predicted molar refractivity (Wildman–Crippen MR) is 61.4 cm³/mol. The molecule has 15 heavy (non-hydrogen) atoms. The SMILES string of the molecule is COc1cc(CC(C)(N)CO)ccc1Cl. The maximum Gasteiger partial charge on any atom is 0.137 e. The number of aliphatic hydroxyl groups excluding tert-OH is 1. The Balaban J connectivity index is 2.87. The van der Waals surface area contributed by atoms with E-state index in [0.717, 1.165) is 5.56 Å². The van der Waals surface area contributed by atoms with Gasteiger partial charge in [-0.1, -0.05) is 17.7 Å². The second-order valence-electron chi connectivity index (χ2n) is 3.96. The number of nitrogens with two attached hydrogens (primary N) is 1. The Labute approximate surface area is 94.8 Å². The average molecular weight is 230 g/mol. The summed E-state index contributed by atoms with van der Waals surface area (Å²) < 4.78 is 5.10. The normalized spacial score (nSPS) is 14.7. The van der Waals surface area contributed by atoms with Crippen LogP contribution in [0.15, 0.2) is 18.2 Å². The summed E-state index contributed by atoms with van der Waals surface area (Å²) in [5, 5.41) is 9.63. The Morgan fingerprint density at radius 3 is 2.73 bits per heavy atom. The maximum absolute atomic E-state index is 9.05. The van der Waals surface area contributed by atoms with E-state index in [4.69, 9.17) is 27.2 Å². The van der Waals surface area contributed by atoms with Crippen molar-refractivity contribution in [3.63, 3.8) is 0 Å². The summed E-state index contributed by atoms with van der Waals surface area (Å²) in [6.07, 6.45) is 0.580. The molecule has 0 bridgehead atoms. The van der Waals surface area contributed by atoms with Gasteiger partial charge in [0.2, 0.25) is 0 Å². The van der Waals surface area contributed by atoms with E-state index in [2.05, 4.69) is 0 Å². The largest absolute Gasteiger partial charge is 0.495 e. The van der Waals surface area contributed by atoms with Crippen LogP contribution in [-0.4, -0.2) is 24.4 Å². The Morgan fingerprint density at radius 1 is 1.53 bits per heavy atom. The summed E-state index contributed by atoms with van der Waals surface area (Å²) in [4.78, 5) is 0. The summed E-state index contributed by atoms with van der Waals surface area (Å²) in [6.45, 7) is 1.74. The number of hydrogen-bond donors (Lipinski definition) is 2. The van der Waals surface area contributed by atoms with Gasteiger partial charge in [-0.2, -0.15) is 0 Å². The van der Waals surface area contributed by atoms with Crippen LogP contribution in [0.1, 0.15) is 12.5 Å². The van der Waals surface area contributed by atoms with Gasteiger partial charge in [-0.3, -0.25) is 0 Å². The zero-order valence-electron chi connectivity index (χ0n) is 8.96. The average Bonchev–Trinajstić information content (AvgIpc) is 2.20. The lowest BCUT2D eigenvalue weighted by molar-refractivity contribution is 0.208. The lowest BCUT2D eigenvalue weighted by Gasteiger charge is -2.21. The summed E-state index contributed by atoms with van der Waals surface area (Å²) in [7, 11) is 1.57. The first-order valence-corrected chi connectivity index (χ1v) is 5.08. The van der Waals surface area contributed by atoms with Gasteiger partial charge >= 0.3 is 0 Å². The van der Waals surface area contributed by atoms with E-state index in [1.807, 2.05) is 12.1 Å². The van der Waals surface area contributed by atoms with Crippen molar-refractivity contribution in [2.24, 2.45) is 5.73 Å². The Bertz CT molecular complexity index is 339. The zero-order valence-corrected chi connectivity index (χ0v) is 9.71. The van der Waals surface area contributed by atoms with Crippen LogP contribution in [0.3, 0.4) is 0 Å². The minimum atomic E-state index is -0.612. The Morgan fingerprint density at radius 2 is 2.20 bits per heavy atom. The van der Waals surface area contributed by atoms with Crippen LogP contribution in [0.5, 0.6) is 5.75 Å². The van der Waals surface area contributed by atoms with Crippen molar-refractivity contribution in [2.45, 2.75) is 18.9 Å². The standard InChI is InChI=1S/C11H16ClNO2/c1-11(13,7-14)6-8-3-4-9(12)10(5-8)15-2/h3-5,14H,6-7,13H2,1-2H3. The molecule has 1 aromatic carbocycles. The van der Waals surface area contributed by atoms with Gasteiger partial charge in [0, 0.05) is 5.54 Å². The second-order valence-corrected chi connectivity index (χ2v) is 4.37. The third kappa shape index (κ3) is 3.38. The molecule has 0 heterocycles. The van der Waals surface area contributed by atoms with E-state index in [1.165, 1.54) is 0 Å². The fourth-order valence-electron chi connectivity index (χ4n) is 1.34. The third-order valence-corrected chi connectivity index (χ3v) is 2.50. The zero-order chi connectivity index (χ0) is 11.5. The highest BCUT2D eigenvalue weighted by Crippen LogP contribution is 2.26. The van der Waals surface area contributed by atoms with Crippen LogP contribution >= 0.6 is 11.6 Å². The van der Waals surface area contributed by atoms with Gasteiger partial charge < -0.3 is 15.6 Å². The van der Waals surface area contributed by atoms with Crippen molar-refractivity contribution >= 4 is 11.6 Å². The highest BCUT2D eigenvalue weighted by molar-refractivity contribution is 6.32. The molecule has 0 saturated carbocycles. The molecule has 0 aliphatic carbocycles. The van der Waals surface area contributed by atoms with Crippen LogP contribution < -0.4 is 10.5 Å². The van der Waals surface area contributed by atoms with Gasteiger partial charge in [-0.05, 0) is 31.0 Å². The highest BCUT2D eigenvalue weighted by Gasteiger charge is 2.18. The molecule has 0 fully saturated rings. The molecule has 1 rings (SSSR count). The maximum atomic E-state index is 9.05. The molecule has 3 nitrogen and oxygen atoms in total. The van der Waals surface area contributed by atoms with E-state index in [1.54, 1.807) is 20.1 Å². The lowest BCUT2D eigenvalue weighted by Crippen LogP contribution is -2.42. The second kappa shape index (κ2) is 4.84. The van der Waals surface area contributed by atoms with Gasteiger partial charge in [-0.25, -0.2) is 0 Å². The number of hydrogen-bond acceptors (Lipinski definition) is 3. The minimum Gasteiger partial charge on any atom is -0.495 e. The Kier molecular flexibility index (Phi) is 3.97. The molecule has 1 aromatic rings. The van der Waals surface area contributed by atoms with Gasteiger partial charge in [0.1, 0.15) is 5.75 Å². The molecule has 0 amide bonds. The van der Waals surface area contributed by atoms with Crippen molar-refractivity contribution < 1.29 is 9.84 Å². The number of benzene rings is 1. The van der Waals surface area contributed by atoms with Crippen LogP contribution in [0, 0.1) is 0 Å². The van der Waals surface area contributed by atoms with Crippen LogP contribution in [0.2, 0.25) is 5.02 Å². The molecule has 0 aliphatic heterocycles. The first kappa shape index (κ1) is 12.3. The summed E-state index contributed by atoms with van der Waals surface area (Å²) in [5.41, 5.74) is 6.24. The number of methoxy groups -OCH3 is 1. The molecule has 84 valence electrons. The van der Waals surface area contributed by atoms with Crippen LogP contribution in [-0.2, 0) is 6.42 Å². The number of aliphatic hydroxyl groups is 1. The molecule has 1 atom stereocenters. The van der Waals surface area contributed by atoms with E-state index in [9.17, 15) is 0 Å². The topological polar surface area (TPSA) is 55.5 Å². The minimum absolute atomic E-state index is 0.0576. The van der Waals surface area contributed by atoms with Crippen molar-refractivity contribution in [3.05, 3.63) is 28.8 Å². The lowest BCUT2D eigenvalue weighted by atomic mass is 9.95. The van der Waals surface area contributed by atoms with Gasteiger partial charge in [0.25, 0.3) is 0 Å². The van der Waals surface area contributed by atoms with E-state index in [-0.39, 0.29) is 6.61 Å². The summed E-state index contributed by atoms with van der Waals surface area (Å²) >= 11 is 5.90. The van der Waals surface area contributed by atoms with Crippen molar-refractivity contribution in [2.75, 3.05) is 13.7 Å². The monoisotopic (exact) mass is 229 g/mol. The molecule has 0 spiro atoms. The molecule has 3 N–H and O–H groups in total. The predicted octanol–water partition coefficient (Wildman–Crippen LogP) is 1.60. The molecule has 0 aliphatic rings. The van der Waals surface area contributed by atoms with Crippen molar-refractivity contribution in [1.82, 2.24) is 0 Å². The highest BCUT2D eigenvalue weighted by atomic mass is 35.5. The quantitative estimate of drug-likeness (QED) is 0.825. The first-order valence-electron chi connectivity index (χ1n) is 4.70. The van der Waals surface area contributed by atoms with Crippen molar-refractivity contribution in [3.8, 4) is 5.75 Å². The van der Waals surface area contributed by atoms with Gasteiger partial charge in [-0.15, -0.1) is 0 Å². The number of halogens is 1. The molecule has 0 radical (unpaired) electrons. The smallest absolute Gasteiger partial charge is 0.137 e. The number of ether oxygens (including phenoxy) is 1. The molecule has 4 heteroatoms. The molecular weight excluding hydrogens is 214 g/mol. The molecule has 0 aromatic heterocycles. The van der Waals surface area contributed by atoms with E-state index >= 15 is 0 Å². The molecule has 0 saturated heterocycles. The fourth-order valence-corrected chi connectivity index (χ4v) is 1.53. The van der Waals surface area contributed by atoms with E-state index < -0.39 is 5.54 Å². The van der Waals surface area contributed by atoms with Gasteiger partial charge in [0.15, 0.2) is 0 Å². The van der Waals surface area contributed by atoms with E-state index in [0.29, 0.717) is 17.2 Å². The molecule has 1 unspecified atom stereocenters. The van der Waals surface area contributed by atoms with Crippen LogP contribution in [0.25, 0.3) is 0 Å². The van der Waals surface area contributed by atoms with Gasteiger partial charge in [0.05, 0.1) is 18.7 Å². The molecular formula is C11H16ClNO2. The summed E-state index contributed by atoms with van der Waals surface area (Å²) in [5.74, 6) is 0.628. The number of rotatable bonds is 4. The fraction of sp³-hybridized carbons (Fsp3) is 0.455.